The molecule has 0 aliphatic carbocycles. The van der Waals surface area contributed by atoms with Crippen LogP contribution in [0.4, 0.5) is 0 Å². The number of rotatable bonds is 29. The summed E-state index contributed by atoms with van der Waals surface area (Å²) in [6.07, 6.45) is 29.6. The van der Waals surface area contributed by atoms with Crippen molar-refractivity contribution in [2.24, 2.45) is 11.5 Å². The monoisotopic (exact) mass is 550 g/mol. The maximum atomic E-state index is 11.8. The van der Waals surface area contributed by atoms with Crippen LogP contribution >= 0.6 is 7.82 Å². The molecule has 7 heteroatoms. The van der Waals surface area contributed by atoms with Crippen molar-refractivity contribution in [2.75, 3.05) is 26.3 Å². The molecule has 0 saturated heterocycles. The third-order valence-corrected chi connectivity index (χ3v) is 7.68. The van der Waals surface area contributed by atoms with E-state index in [9.17, 15) is 9.46 Å². The molecular weight excluding hydrogens is 483 g/mol. The van der Waals surface area contributed by atoms with Crippen LogP contribution < -0.4 is 11.5 Å². The van der Waals surface area contributed by atoms with Gasteiger partial charge in [-0.15, -0.1) is 0 Å². The normalized spacial score (nSPS) is 11.5. The van der Waals surface area contributed by atoms with Crippen LogP contribution in [0, 0.1) is 0 Å². The molecule has 0 rings (SSSR count). The van der Waals surface area contributed by atoms with E-state index in [0.29, 0.717) is 13.2 Å². The van der Waals surface area contributed by atoms with E-state index in [4.69, 9.17) is 20.5 Å². The first-order valence-electron chi connectivity index (χ1n) is 16.1. The van der Waals surface area contributed by atoms with E-state index in [1.54, 1.807) is 0 Å². The molecule has 0 aromatic carbocycles. The van der Waals surface area contributed by atoms with Gasteiger partial charge in [0.15, 0.2) is 0 Å². The molecule has 37 heavy (non-hydrogen) atoms. The van der Waals surface area contributed by atoms with Crippen LogP contribution in [0.25, 0.3) is 0 Å². The zero-order valence-electron chi connectivity index (χ0n) is 25.1. The van der Waals surface area contributed by atoms with Gasteiger partial charge in [0.2, 0.25) is 0 Å². The summed E-state index contributed by atoms with van der Waals surface area (Å²) in [5.74, 6) is 0. The Morgan fingerprint density at radius 3 is 0.973 bits per heavy atom. The Balaban J connectivity index is 0. The number of unbranched alkanes of at least 4 members (excludes halogenated alkanes) is 21. The summed E-state index contributed by atoms with van der Waals surface area (Å²) in [7, 11) is -3.85. The summed E-state index contributed by atoms with van der Waals surface area (Å²) < 4.78 is 22.0. The fraction of sp³-hybridized carbons (Fsp3) is 1.00. The fourth-order valence-electron chi connectivity index (χ4n) is 4.22. The molecule has 0 heterocycles. The molecule has 0 amide bonds. The first-order valence-corrected chi connectivity index (χ1v) is 17.6. The molecule has 0 fully saturated rings. The van der Waals surface area contributed by atoms with Crippen LogP contribution in [0.5, 0.6) is 0 Å². The molecule has 0 saturated carbocycles. The lowest BCUT2D eigenvalue weighted by Gasteiger charge is -2.12. The van der Waals surface area contributed by atoms with Gasteiger partial charge in [0.05, 0.1) is 13.2 Å². The predicted molar refractivity (Wildman–Crippen MR) is 162 cm³/mol. The Morgan fingerprint density at radius 2 is 0.703 bits per heavy atom. The lowest BCUT2D eigenvalue weighted by atomic mass is 10.1. The molecule has 0 aliphatic heterocycles. The summed E-state index contributed by atoms with van der Waals surface area (Å²) in [4.78, 5) is 9.71. The molecule has 0 atom stereocenters. The fourth-order valence-corrected chi connectivity index (χ4v) is 5.01. The Kier molecular flexibility index (Phi) is 36.1. The molecule has 0 unspecified atom stereocenters. The minimum absolute atomic E-state index is 0.322. The summed E-state index contributed by atoms with van der Waals surface area (Å²) >= 11 is 0. The second kappa shape index (κ2) is 34.1. The minimum Gasteiger partial charge on any atom is -0.330 e. The molecule has 0 spiro atoms. The van der Waals surface area contributed by atoms with Crippen molar-refractivity contribution in [2.45, 2.75) is 168 Å². The number of hydrogen-bond donors (Lipinski definition) is 3. The van der Waals surface area contributed by atoms with Gasteiger partial charge in [0, 0.05) is 0 Å². The van der Waals surface area contributed by atoms with Gasteiger partial charge in [-0.25, -0.2) is 4.57 Å². The summed E-state index contributed by atoms with van der Waals surface area (Å²) in [5.41, 5.74) is 10.6. The van der Waals surface area contributed by atoms with E-state index in [1.165, 1.54) is 116 Å². The molecule has 0 bridgehead atoms. The number of nitrogens with two attached hydrogens (primary N) is 2. The standard InChI is InChI=1S/C24H51O4P.C6H16N2/c1-3-5-7-9-11-13-15-17-19-21-23-27-29(25,26)28-24-22-20-18-16-14-12-10-8-6-4-2;7-5-3-1-2-4-6-8/h3-24H2,1-2H3,(H,25,26);1-8H2. The first-order chi connectivity index (χ1) is 18.0. The highest BCUT2D eigenvalue weighted by Gasteiger charge is 2.19. The SMILES string of the molecule is CCCCCCCCCCCCOP(=O)(O)OCCCCCCCCCCCC.NCCCCCCN. The largest absolute Gasteiger partial charge is 0.472 e. The summed E-state index contributed by atoms with van der Waals surface area (Å²) in [6.45, 7) is 6.78. The quantitative estimate of drug-likeness (QED) is 0.0632. The maximum Gasteiger partial charge on any atom is 0.472 e. The molecule has 226 valence electrons. The average molecular weight is 551 g/mol. The van der Waals surface area contributed by atoms with Crippen molar-refractivity contribution >= 4 is 7.82 Å². The van der Waals surface area contributed by atoms with Crippen molar-refractivity contribution in [1.82, 2.24) is 0 Å². The minimum atomic E-state index is -3.85. The van der Waals surface area contributed by atoms with Gasteiger partial charge in [0.1, 0.15) is 0 Å². The highest BCUT2D eigenvalue weighted by atomic mass is 31.2. The molecule has 0 aromatic heterocycles. The van der Waals surface area contributed by atoms with Gasteiger partial charge in [0.25, 0.3) is 0 Å². The van der Waals surface area contributed by atoms with Gasteiger partial charge in [-0.05, 0) is 38.8 Å². The maximum absolute atomic E-state index is 11.8. The highest BCUT2D eigenvalue weighted by molar-refractivity contribution is 7.47. The molecule has 6 nitrogen and oxygen atoms in total. The molecule has 0 aliphatic rings. The van der Waals surface area contributed by atoms with Gasteiger partial charge in [-0.1, -0.05) is 142 Å². The van der Waals surface area contributed by atoms with Crippen molar-refractivity contribution < 1.29 is 18.5 Å². The van der Waals surface area contributed by atoms with Gasteiger partial charge < -0.3 is 16.4 Å². The third-order valence-electron chi connectivity index (χ3n) is 6.66. The Morgan fingerprint density at radius 1 is 0.459 bits per heavy atom. The number of phosphoric acid groups is 1. The van der Waals surface area contributed by atoms with E-state index in [0.717, 1.165) is 51.6 Å². The molecular formula is C30H67N2O4P. The second-order valence-electron chi connectivity index (χ2n) is 10.5. The number of phosphoric ester groups is 1. The van der Waals surface area contributed by atoms with Gasteiger partial charge >= 0.3 is 7.82 Å². The first kappa shape index (κ1) is 39.2. The van der Waals surface area contributed by atoms with Crippen LogP contribution in [0.1, 0.15) is 168 Å². The van der Waals surface area contributed by atoms with E-state index in [2.05, 4.69) is 13.8 Å². The Hall–Kier alpha value is 0.0300. The number of hydrogen-bond acceptors (Lipinski definition) is 5. The van der Waals surface area contributed by atoms with Crippen molar-refractivity contribution in [3.63, 3.8) is 0 Å². The van der Waals surface area contributed by atoms with E-state index < -0.39 is 7.82 Å². The topological polar surface area (TPSA) is 108 Å². The van der Waals surface area contributed by atoms with Crippen LogP contribution in [-0.4, -0.2) is 31.2 Å². The Labute approximate surface area is 232 Å². The summed E-state index contributed by atoms with van der Waals surface area (Å²) in [5, 5.41) is 0. The molecule has 0 aromatic rings. The van der Waals surface area contributed by atoms with Crippen LogP contribution in [-0.2, 0) is 13.6 Å². The van der Waals surface area contributed by atoms with E-state index in [1.807, 2.05) is 0 Å². The predicted octanol–water partition coefficient (Wildman–Crippen LogP) is 9.43. The third kappa shape index (κ3) is 38.2. The molecule has 5 N–H and O–H groups in total. The van der Waals surface area contributed by atoms with E-state index >= 15 is 0 Å². The van der Waals surface area contributed by atoms with Crippen molar-refractivity contribution in [3.8, 4) is 0 Å². The van der Waals surface area contributed by atoms with Crippen molar-refractivity contribution in [1.29, 1.82) is 0 Å². The average Bonchev–Trinajstić information content (AvgIpc) is 2.89. The summed E-state index contributed by atoms with van der Waals surface area (Å²) in [6, 6.07) is 0. The van der Waals surface area contributed by atoms with Crippen LogP contribution in [0.2, 0.25) is 0 Å². The molecule has 0 radical (unpaired) electrons. The lowest BCUT2D eigenvalue weighted by molar-refractivity contribution is 0.145. The highest BCUT2D eigenvalue weighted by Crippen LogP contribution is 2.43. The zero-order chi connectivity index (χ0) is 27.7. The lowest BCUT2D eigenvalue weighted by Crippen LogP contribution is -2.00. The Bertz CT molecular complexity index is 419. The smallest absolute Gasteiger partial charge is 0.330 e. The van der Waals surface area contributed by atoms with Crippen molar-refractivity contribution in [3.05, 3.63) is 0 Å². The zero-order valence-corrected chi connectivity index (χ0v) is 26.0. The second-order valence-corrected chi connectivity index (χ2v) is 11.9. The van der Waals surface area contributed by atoms with E-state index in [-0.39, 0.29) is 0 Å². The van der Waals surface area contributed by atoms with Gasteiger partial charge in [-0.2, -0.15) is 0 Å². The van der Waals surface area contributed by atoms with Crippen LogP contribution in [0.15, 0.2) is 0 Å². The van der Waals surface area contributed by atoms with Crippen LogP contribution in [0.3, 0.4) is 0 Å². The van der Waals surface area contributed by atoms with Gasteiger partial charge in [-0.3, -0.25) is 9.05 Å².